The highest BCUT2D eigenvalue weighted by molar-refractivity contribution is 7.91. The van der Waals surface area contributed by atoms with Gasteiger partial charge in [-0.2, -0.15) is 0 Å². The zero-order valence-electron chi connectivity index (χ0n) is 9.01. The van der Waals surface area contributed by atoms with Crippen LogP contribution in [0, 0.1) is 0 Å². The summed E-state index contributed by atoms with van der Waals surface area (Å²) >= 11 is 5.73. The van der Waals surface area contributed by atoms with E-state index < -0.39 is 16.1 Å². The van der Waals surface area contributed by atoms with Crippen LogP contribution in [-0.4, -0.2) is 34.7 Å². The Morgan fingerprint density at radius 3 is 2.44 bits per heavy atom. The molecule has 4 nitrogen and oxygen atoms in total. The maximum absolute atomic E-state index is 11.9. The summed E-state index contributed by atoms with van der Waals surface area (Å²) in [7, 11) is -0.660. The molecule has 0 N–H and O–H groups in total. The lowest BCUT2D eigenvalue weighted by Gasteiger charge is -2.13. The van der Waals surface area contributed by atoms with Gasteiger partial charge in [0.25, 0.3) is 0 Å². The largest absolute Gasteiger partial charge is 0.355 e. The first-order chi connectivity index (χ1) is 7.49. The molecule has 0 bridgehead atoms. The molecule has 0 aromatic heterocycles. The average Bonchev–Trinajstić information content (AvgIpc) is 2.26. The van der Waals surface area contributed by atoms with Gasteiger partial charge in [-0.25, -0.2) is 8.42 Å². The van der Waals surface area contributed by atoms with Crippen molar-refractivity contribution in [2.24, 2.45) is 0 Å². The molecule has 90 valence electrons. The molecule has 0 unspecified atom stereocenters. The summed E-state index contributed by atoms with van der Waals surface area (Å²) in [4.78, 5) is 0.166. The molecule has 16 heavy (non-hydrogen) atoms. The highest BCUT2D eigenvalue weighted by Gasteiger charge is 2.20. The Bertz CT molecular complexity index is 440. The summed E-state index contributed by atoms with van der Waals surface area (Å²) < 4.78 is 33.5. The summed E-state index contributed by atoms with van der Waals surface area (Å²) in [6.45, 7) is 0. The molecule has 0 spiro atoms. The molecule has 1 rings (SSSR count). The highest BCUT2D eigenvalue weighted by Crippen LogP contribution is 2.17. The minimum absolute atomic E-state index is 0.166. The van der Waals surface area contributed by atoms with Gasteiger partial charge in [0.15, 0.2) is 16.1 Å². The van der Waals surface area contributed by atoms with Crippen LogP contribution < -0.4 is 0 Å². The number of halogens is 1. The lowest BCUT2D eigenvalue weighted by Crippen LogP contribution is -2.24. The van der Waals surface area contributed by atoms with E-state index in [9.17, 15) is 8.42 Å². The standard InChI is InChI=1S/C10H13ClO4S/c1-14-10(15-2)7-16(12,13)9-5-3-4-8(11)6-9/h3-6,10H,7H2,1-2H3. The van der Waals surface area contributed by atoms with E-state index in [0.717, 1.165) is 0 Å². The van der Waals surface area contributed by atoms with Crippen molar-refractivity contribution in [3.8, 4) is 0 Å². The van der Waals surface area contributed by atoms with Crippen LogP contribution in [0.15, 0.2) is 29.2 Å². The van der Waals surface area contributed by atoms with Crippen molar-refractivity contribution in [1.82, 2.24) is 0 Å². The van der Waals surface area contributed by atoms with Crippen molar-refractivity contribution in [3.05, 3.63) is 29.3 Å². The fourth-order valence-corrected chi connectivity index (χ4v) is 2.84. The van der Waals surface area contributed by atoms with Crippen LogP contribution in [0.3, 0.4) is 0 Å². The Hall–Kier alpha value is -0.620. The predicted octanol–water partition coefficient (Wildman–Crippen LogP) is 1.73. The molecule has 0 aliphatic carbocycles. The predicted molar refractivity (Wildman–Crippen MR) is 61.3 cm³/mol. The van der Waals surface area contributed by atoms with Crippen LogP contribution >= 0.6 is 11.6 Å². The van der Waals surface area contributed by atoms with Gasteiger partial charge in [-0.3, -0.25) is 0 Å². The highest BCUT2D eigenvalue weighted by atomic mass is 35.5. The normalized spacial score (nSPS) is 12.0. The molecule has 0 heterocycles. The second-order valence-electron chi connectivity index (χ2n) is 3.14. The van der Waals surface area contributed by atoms with E-state index in [0.29, 0.717) is 5.02 Å². The summed E-state index contributed by atoms with van der Waals surface area (Å²) in [6.07, 6.45) is -0.774. The fraction of sp³-hybridized carbons (Fsp3) is 0.400. The Balaban J connectivity index is 2.94. The molecule has 0 radical (unpaired) electrons. The third kappa shape index (κ3) is 3.45. The van der Waals surface area contributed by atoms with E-state index in [2.05, 4.69) is 0 Å². The number of benzene rings is 1. The summed E-state index contributed by atoms with van der Waals surface area (Å²) in [5.74, 6) is -0.236. The van der Waals surface area contributed by atoms with Crippen LogP contribution in [-0.2, 0) is 19.3 Å². The lowest BCUT2D eigenvalue weighted by atomic mass is 10.4. The second kappa shape index (κ2) is 5.63. The molecule has 1 aromatic carbocycles. The molecule has 1 aromatic rings. The fourth-order valence-electron chi connectivity index (χ4n) is 1.17. The van der Waals surface area contributed by atoms with Crippen molar-refractivity contribution in [3.63, 3.8) is 0 Å². The van der Waals surface area contributed by atoms with E-state index in [1.54, 1.807) is 12.1 Å². The van der Waals surface area contributed by atoms with Gasteiger partial charge in [0.05, 0.1) is 4.90 Å². The van der Waals surface area contributed by atoms with Gasteiger partial charge < -0.3 is 9.47 Å². The van der Waals surface area contributed by atoms with E-state index in [4.69, 9.17) is 21.1 Å². The first-order valence-corrected chi connectivity index (χ1v) is 6.56. The average molecular weight is 265 g/mol. The maximum atomic E-state index is 11.9. The van der Waals surface area contributed by atoms with Crippen molar-refractivity contribution in [2.45, 2.75) is 11.2 Å². The maximum Gasteiger partial charge on any atom is 0.183 e. The molecule has 0 amide bonds. The number of sulfone groups is 1. The van der Waals surface area contributed by atoms with Crippen molar-refractivity contribution >= 4 is 21.4 Å². The monoisotopic (exact) mass is 264 g/mol. The number of hydrogen-bond acceptors (Lipinski definition) is 4. The van der Waals surface area contributed by atoms with Crippen LogP contribution in [0.2, 0.25) is 5.02 Å². The van der Waals surface area contributed by atoms with Gasteiger partial charge in [-0.15, -0.1) is 0 Å². The minimum Gasteiger partial charge on any atom is -0.355 e. The van der Waals surface area contributed by atoms with E-state index >= 15 is 0 Å². The van der Waals surface area contributed by atoms with Crippen LogP contribution in [0.4, 0.5) is 0 Å². The summed E-state index contributed by atoms with van der Waals surface area (Å²) in [6, 6.07) is 6.09. The summed E-state index contributed by atoms with van der Waals surface area (Å²) in [5.41, 5.74) is 0. The van der Waals surface area contributed by atoms with Gasteiger partial charge in [-0.1, -0.05) is 17.7 Å². The Morgan fingerprint density at radius 1 is 1.31 bits per heavy atom. The van der Waals surface area contributed by atoms with Crippen molar-refractivity contribution in [2.75, 3.05) is 20.0 Å². The molecule has 0 aliphatic heterocycles. The van der Waals surface area contributed by atoms with E-state index in [1.165, 1.54) is 26.4 Å². The van der Waals surface area contributed by atoms with Gasteiger partial charge in [-0.05, 0) is 18.2 Å². The van der Waals surface area contributed by atoms with Crippen LogP contribution in [0.1, 0.15) is 0 Å². The number of rotatable bonds is 5. The van der Waals surface area contributed by atoms with Gasteiger partial charge in [0, 0.05) is 19.2 Å². The molecular weight excluding hydrogens is 252 g/mol. The molecule has 0 saturated carbocycles. The molecule has 0 saturated heterocycles. The smallest absolute Gasteiger partial charge is 0.183 e. The van der Waals surface area contributed by atoms with Crippen LogP contribution in [0.25, 0.3) is 0 Å². The van der Waals surface area contributed by atoms with Gasteiger partial charge in [0.2, 0.25) is 0 Å². The molecule has 6 heteroatoms. The lowest BCUT2D eigenvalue weighted by molar-refractivity contribution is -0.0851. The van der Waals surface area contributed by atoms with Crippen molar-refractivity contribution in [1.29, 1.82) is 0 Å². The summed E-state index contributed by atoms with van der Waals surface area (Å²) in [5, 5.41) is 0.382. The topological polar surface area (TPSA) is 52.6 Å². The van der Waals surface area contributed by atoms with Gasteiger partial charge in [0.1, 0.15) is 5.75 Å². The van der Waals surface area contributed by atoms with Crippen molar-refractivity contribution < 1.29 is 17.9 Å². The second-order valence-corrected chi connectivity index (χ2v) is 5.61. The van der Waals surface area contributed by atoms with Crippen LogP contribution in [0.5, 0.6) is 0 Å². The molecule has 0 fully saturated rings. The number of methoxy groups -OCH3 is 2. The quantitative estimate of drug-likeness (QED) is 0.760. The third-order valence-electron chi connectivity index (χ3n) is 2.04. The molecule has 0 atom stereocenters. The van der Waals surface area contributed by atoms with E-state index in [1.807, 2.05) is 0 Å². The SMILES string of the molecule is COC(CS(=O)(=O)c1cccc(Cl)c1)OC. The Labute approximate surface area is 100 Å². The van der Waals surface area contributed by atoms with Gasteiger partial charge >= 0.3 is 0 Å². The first-order valence-electron chi connectivity index (χ1n) is 4.53. The minimum atomic E-state index is -3.44. The first kappa shape index (κ1) is 13.4. The van der Waals surface area contributed by atoms with E-state index in [-0.39, 0.29) is 10.6 Å². The molecule has 0 aliphatic rings. The Kier molecular flexibility index (Phi) is 4.73. The molecular formula is C10H13ClO4S. The number of ether oxygens (including phenoxy) is 2. The zero-order valence-corrected chi connectivity index (χ0v) is 10.6. The Morgan fingerprint density at radius 2 is 1.94 bits per heavy atom. The number of hydrogen-bond donors (Lipinski definition) is 0. The zero-order chi connectivity index (χ0) is 12.2. The third-order valence-corrected chi connectivity index (χ3v) is 3.95.